The third kappa shape index (κ3) is 5.60. The third-order valence-electron chi connectivity index (χ3n) is 7.94. The summed E-state index contributed by atoms with van der Waals surface area (Å²) in [6.45, 7) is 3.89. The lowest BCUT2D eigenvalue weighted by Gasteiger charge is -2.36. The summed E-state index contributed by atoms with van der Waals surface area (Å²) in [5, 5.41) is 16.8. The molecule has 3 aromatic rings. The predicted molar refractivity (Wildman–Crippen MR) is 147 cm³/mol. The second-order valence-corrected chi connectivity index (χ2v) is 11.2. The number of benzene rings is 3. The second kappa shape index (κ2) is 10.7. The Kier molecular flexibility index (Phi) is 7.16. The van der Waals surface area contributed by atoms with Crippen molar-refractivity contribution in [2.75, 3.05) is 37.6 Å². The fourth-order valence-electron chi connectivity index (χ4n) is 5.37. The summed E-state index contributed by atoms with van der Waals surface area (Å²) in [7, 11) is 0. The predicted octanol–water partition coefficient (Wildman–Crippen LogP) is 4.92. The highest BCUT2D eigenvalue weighted by Gasteiger charge is 2.33. The minimum absolute atomic E-state index is 0.0419. The maximum absolute atomic E-state index is 13.6. The van der Waals surface area contributed by atoms with Crippen LogP contribution in [0, 0.1) is 11.7 Å². The van der Waals surface area contributed by atoms with E-state index in [1.165, 1.54) is 12.1 Å². The molecule has 3 fully saturated rings. The van der Waals surface area contributed by atoms with Crippen LogP contribution in [0.25, 0.3) is 10.8 Å². The van der Waals surface area contributed by atoms with Crippen molar-refractivity contribution in [3.63, 3.8) is 0 Å². The summed E-state index contributed by atoms with van der Waals surface area (Å²) in [5.41, 5.74) is 1.70. The van der Waals surface area contributed by atoms with Crippen LogP contribution in [0.1, 0.15) is 37.4 Å². The van der Waals surface area contributed by atoms with Crippen molar-refractivity contribution in [1.29, 1.82) is 0 Å². The van der Waals surface area contributed by atoms with Crippen molar-refractivity contribution in [2.24, 2.45) is 5.92 Å². The van der Waals surface area contributed by atoms with Crippen molar-refractivity contribution in [3.05, 3.63) is 71.0 Å². The van der Waals surface area contributed by atoms with Crippen LogP contribution >= 0.6 is 11.6 Å². The maximum Gasteiger partial charge on any atom is 0.225 e. The summed E-state index contributed by atoms with van der Waals surface area (Å²) >= 11 is 6.46. The van der Waals surface area contributed by atoms with E-state index in [1.807, 2.05) is 30.3 Å². The third-order valence-corrected chi connectivity index (χ3v) is 8.23. The number of nitrogens with zero attached hydrogens (tertiary/aromatic N) is 2. The van der Waals surface area contributed by atoms with Gasteiger partial charge in [0, 0.05) is 25.3 Å². The fraction of sp³-hybridized carbons (Fsp3) is 0.433. The van der Waals surface area contributed by atoms with Crippen LogP contribution in [0.5, 0.6) is 5.75 Å². The topological polar surface area (TPSA) is 65.0 Å². The molecule has 0 aromatic heterocycles. The van der Waals surface area contributed by atoms with E-state index >= 15 is 0 Å². The summed E-state index contributed by atoms with van der Waals surface area (Å²) in [6.07, 6.45) is 3.31. The molecule has 0 radical (unpaired) electrons. The number of carbonyl (C=O) groups is 1. The number of hydrogen-bond acceptors (Lipinski definition) is 5. The first kappa shape index (κ1) is 25.4. The zero-order valence-electron chi connectivity index (χ0n) is 21.3. The molecule has 200 valence electrons. The molecule has 8 heteroatoms. The first-order valence-electron chi connectivity index (χ1n) is 13.5. The lowest BCUT2D eigenvalue weighted by atomic mass is 9.99. The van der Waals surface area contributed by atoms with Crippen molar-refractivity contribution in [1.82, 2.24) is 10.2 Å². The van der Waals surface area contributed by atoms with E-state index in [0.717, 1.165) is 61.8 Å². The van der Waals surface area contributed by atoms with Crippen LogP contribution in [0.3, 0.4) is 0 Å². The standard InChI is InChI=1S/C30H33ClFN3O3/c31-26-16-21(4-9-28(26)38-25-7-8-25)29(36)27(18-34-11-1-12-34)33-30(37)22-10-13-35(17-22)24-6-3-19-14-23(32)5-2-20(19)15-24/h2-6,9,14-16,22,25,27,29,36H,1,7-8,10-13,17-18H2,(H,33,37)/t22-,27-,29-/m1/s1. The molecule has 1 aliphatic carbocycles. The average molecular weight is 538 g/mol. The molecule has 3 atom stereocenters. The van der Waals surface area contributed by atoms with Gasteiger partial charge in [0.05, 0.1) is 23.1 Å². The first-order valence-corrected chi connectivity index (χ1v) is 13.9. The number of halogens is 2. The van der Waals surface area contributed by atoms with Gasteiger partial charge in [0.1, 0.15) is 17.7 Å². The summed E-state index contributed by atoms with van der Waals surface area (Å²) in [6, 6.07) is 15.7. The molecule has 3 aromatic carbocycles. The van der Waals surface area contributed by atoms with Crippen LogP contribution in [-0.2, 0) is 4.79 Å². The van der Waals surface area contributed by atoms with Gasteiger partial charge in [0.15, 0.2) is 0 Å². The second-order valence-electron chi connectivity index (χ2n) is 10.8. The molecule has 2 heterocycles. The quantitative estimate of drug-likeness (QED) is 0.405. The van der Waals surface area contributed by atoms with E-state index in [0.29, 0.717) is 29.4 Å². The van der Waals surface area contributed by atoms with E-state index in [9.17, 15) is 14.3 Å². The number of likely N-dealkylation sites (tertiary alicyclic amines) is 1. The largest absolute Gasteiger partial charge is 0.489 e. The van der Waals surface area contributed by atoms with Crippen molar-refractivity contribution in [3.8, 4) is 5.75 Å². The number of rotatable bonds is 9. The van der Waals surface area contributed by atoms with E-state index in [1.54, 1.807) is 12.1 Å². The molecule has 0 bridgehead atoms. The van der Waals surface area contributed by atoms with Crippen LogP contribution in [0.4, 0.5) is 10.1 Å². The van der Waals surface area contributed by atoms with Gasteiger partial charge in [-0.3, -0.25) is 4.79 Å². The van der Waals surface area contributed by atoms with E-state index < -0.39 is 12.1 Å². The van der Waals surface area contributed by atoms with Gasteiger partial charge in [-0.1, -0.05) is 29.8 Å². The number of nitrogens with one attached hydrogen (secondary N) is 1. The molecule has 38 heavy (non-hydrogen) atoms. The SMILES string of the molecule is O=C(N[C@H](CN1CCC1)[C@H](O)c1ccc(OC2CC2)c(Cl)c1)[C@@H]1CCN(c2ccc3cc(F)ccc3c2)C1. The lowest BCUT2D eigenvalue weighted by Crippen LogP contribution is -2.52. The Labute approximate surface area is 227 Å². The van der Waals surface area contributed by atoms with Gasteiger partial charge in [0.25, 0.3) is 0 Å². The summed E-state index contributed by atoms with van der Waals surface area (Å²) < 4.78 is 19.4. The number of aliphatic hydroxyl groups is 1. The molecule has 1 amide bonds. The highest BCUT2D eigenvalue weighted by atomic mass is 35.5. The Morgan fingerprint density at radius 1 is 1.05 bits per heavy atom. The molecule has 2 aliphatic heterocycles. The minimum Gasteiger partial charge on any atom is -0.489 e. The van der Waals surface area contributed by atoms with Crippen LogP contribution in [0.15, 0.2) is 54.6 Å². The van der Waals surface area contributed by atoms with E-state index in [-0.39, 0.29) is 23.7 Å². The molecular weight excluding hydrogens is 505 g/mol. The van der Waals surface area contributed by atoms with Gasteiger partial charge in [-0.15, -0.1) is 0 Å². The van der Waals surface area contributed by atoms with Crippen LogP contribution in [0.2, 0.25) is 5.02 Å². The normalized spacial score (nSPS) is 21.2. The smallest absolute Gasteiger partial charge is 0.225 e. The van der Waals surface area contributed by atoms with Crippen molar-refractivity contribution in [2.45, 2.75) is 43.9 Å². The monoisotopic (exact) mass is 537 g/mol. The molecule has 0 spiro atoms. The Morgan fingerprint density at radius 3 is 2.58 bits per heavy atom. The van der Waals surface area contributed by atoms with Crippen molar-refractivity contribution >= 4 is 34.0 Å². The zero-order chi connectivity index (χ0) is 26.2. The molecule has 2 saturated heterocycles. The number of hydrogen-bond donors (Lipinski definition) is 2. The Balaban J connectivity index is 1.13. The van der Waals surface area contributed by atoms with Gasteiger partial charge >= 0.3 is 0 Å². The van der Waals surface area contributed by atoms with Crippen molar-refractivity contribution < 1.29 is 19.0 Å². The van der Waals surface area contributed by atoms with Gasteiger partial charge in [-0.2, -0.15) is 0 Å². The minimum atomic E-state index is -0.884. The van der Waals surface area contributed by atoms with Gasteiger partial charge in [-0.05, 0) is 91.5 Å². The molecule has 6 nitrogen and oxygen atoms in total. The fourth-order valence-corrected chi connectivity index (χ4v) is 5.60. The number of carbonyl (C=O) groups excluding carboxylic acids is 1. The molecular formula is C30H33ClFN3O3. The molecule has 6 rings (SSSR count). The Bertz CT molecular complexity index is 1330. The van der Waals surface area contributed by atoms with Crippen LogP contribution < -0.4 is 15.0 Å². The molecule has 3 aliphatic rings. The first-order chi connectivity index (χ1) is 18.4. The Hall–Kier alpha value is -2.87. The number of aliphatic hydroxyl groups excluding tert-OH is 1. The number of ether oxygens (including phenoxy) is 1. The Morgan fingerprint density at radius 2 is 1.84 bits per heavy atom. The maximum atomic E-state index is 13.6. The molecule has 1 saturated carbocycles. The highest BCUT2D eigenvalue weighted by molar-refractivity contribution is 6.32. The van der Waals surface area contributed by atoms with E-state index in [2.05, 4.69) is 15.1 Å². The highest BCUT2D eigenvalue weighted by Crippen LogP contribution is 2.34. The van der Waals surface area contributed by atoms with Crippen LogP contribution in [-0.4, -0.2) is 60.8 Å². The lowest BCUT2D eigenvalue weighted by molar-refractivity contribution is -0.126. The number of amides is 1. The average Bonchev–Trinajstić information content (AvgIpc) is 3.57. The molecule has 2 N–H and O–H groups in total. The van der Waals surface area contributed by atoms with Gasteiger partial charge < -0.3 is 25.0 Å². The van der Waals surface area contributed by atoms with E-state index in [4.69, 9.17) is 16.3 Å². The van der Waals surface area contributed by atoms with Gasteiger partial charge in [-0.25, -0.2) is 4.39 Å². The molecule has 0 unspecified atom stereocenters. The number of anilines is 1. The number of fused-ring (bicyclic) bond motifs is 1. The summed E-state index contributed by atoms with van der Waals surface area (Å²) in [4.78, 5) is 17.9. The van der Waals surface area contributed by atoms with Gasteiger partial charge in [0.2, 0.25) is 5.91 Å². The summed E-state index contributed by atoms with van der Waals surface area (Å²) in [5.74, 6) is 0.170. The zero-order valence-corrected chi connectivity index (χ0v) is 22.0.